The van der Waals surface area contributed by atoms with Crippen molar-refractivity contribution in [2.24, 2.45) is 10.7 Å². The summed E-state index contributed by atoms with van der Waals surface area (Å²) in [7, 11) is 1.63. The molecule has 34 heavy (non-hydrogen) atoms. The number of fused-ring (bicyclic) bond motifs is 3. The van der Waals surface area contributed by atoms with E-state index in [1.807, 2.05) is 29.7 Å². The first-order valence-corrected chi connectivity index (χ1v) is 11.9. The fraction of sp³-hybridized carbons (Fsp3) is 0.407. The molecule has 1 aromatic heterocycles. The molecule has 0 spiro atoms. The summed E-state index contributed by atoms with van der Waals surface area (Å²) >= 11 is 0. The van der Waals surface area contributed by atoms with Crippen molar-refractivity contribution in [3.05, 3.63) is 68.6 Å². The van der Waals surface area contributed by atoms with Crippen LogP contribution in [0.4, 0.5) is 5.69 Å². The Morgan fingerprint density at radius 2 is 1.79 bits per heavy atom. The highest BCUT2D eigenvalue weighted by Crippen LogP contribution is 2.37. The van der Waals surface area contributed by atoms with Gasteiger partial charge in [0.2, 0.25) is 0 Å². The number of ether oxygens (including phenoxy) is 2. The Bertz CT molecular complexity index is 1330. The predicted octanol–water partition coefficient (Wildman–Crippen LogP) is 3.79. The lowest BCUT2D eigenvalue weighted by atomic mass is 9.97. The average Bonchev–Trinajstić information content (AvgIpc) is 2.80. The number of hydrogen-bond donors (Lipinski definition) is 1. The second-order valence-corrected chi connectivity index (χ2v) is 8.82. The number of aromatic nitrogens is 2. The standard InChI is InChI=1S/C27H34N4O3/c1-6-34-24-14-20-8-11-30-22(21(20)15-23(24)33-5)16-25(31(27(30)32)10-7-9-28)29-26-18(3)12-17(2)13-19(26)4/h12-16H,6-11,28H2,1-5H3. The van der Waals surface area contributed by atoms with Gasteiger partial charge in [0.25, 0.3) is 0 Å². The minimum Gasteiger partial charge on any atom is -0.493 e. The highest BCUT2D eigenvalue weighted by Gasteiger charge is 2.22. The van der Waals surface area contributed by atoms with Crippen LogP contribution in [0.15, 0.2) is 40.1 Å². The van der Waals surface area contributed by atoms with Gasteiger partial charge in [-0.15, -0.1) is 0 Å². The van der Waals surface area contributed by atoms with E-state index in [0.29, 0.717) is 43.9 Å². The molecular weight excluding hydrogens is 428 g/mol. The molecule has 0 bridgehead atoms. The van der Waals surface area contributed by atoms with Gasteiger partial charge in [-0.2, -0.15) is 0 Å². The topological polar surface area (TPSA) is 83.8 Å². The monoisotopic (exact) mass is 462 g/mol. The minimum atomic E-state index is -0.0642. The molecule has 7 heteroatoms. The molecule has 7 nitrogen and oxygen atoms in total. The van der Waals surface area contributed by atoms with Crippen LogP contribution >= 0.6 is 0 Å². The molecule has 0 saturated carbocycles. The summed E-state index contributed by atoms with van der Waals surface area (Å²) in [5.41, 5.74) is 13.6. The van der Waals surface area contributed by atoms with E-state index >= 15 is 0 Å². The summed E-state index contributed by atoms with van der Waals surface area (Å²) in [4.78, 5) is 18.7. The zero-order chi connectivity index (χ0) is 24.4. The molecule has 0 unspecified atom stereocenters. The molecule has 4 rings (SSSR count). The molecule has 0 atom stereocenters. The average molecular weight is 463 g/mol. The van der Waals surface area contributed by atoms with Gasteiger partial charge in [-0.3, -0.25) is 9.13 Å². The van der Waals surface area contributed by atoms with Crippen LogP contribution in [0.5, 0.6) is 11.5 Å². The molecule has 1 aliphatic rings. The van der Waals surface area contributed by atoms with Crippen molar-refractivity contribution in [3.8, 4) is 22.8 Å². The Morgan fingerprint density at radius 3 is 2.44 bits per heavy atom. The van der Waals surface area contributed by atoms with Crippen molar-refractivity contribution < 1.29 is 9.47 Å². The van der Waals surface area contributed by atoms with Crippen molar-refractivity contribution in [2.75, 3.05) is 20.3 Å². The van der Waals surface area contributed by atoms with Crippen LogP contribution in [0.25, 0.3) is 11.3 Å². The lowest BCUT2D eigenvalue weighted by Crippen LogP contribution is -2.42. The highest BCUT2D eigenvalue weighted by molar-refractivity contribution is 5.70. The van der Waals surface area contributed by atoms with Crippen LogP contribution in [0.2, 0.25) is 0 Å². The van der Waals surface area contributed by atoms with E-state index in [0.717, 1.165) is 45.8 Å². The Labute approximate surface area is 200 Å². The van der Waals surface area contributed by atoms with Crippen LogP contribution in [-0.2, 0) is 19.5 Å². The zero-order valence-corrected chi connectivity index (χ0v) is 20.8. The Kier molecular flexibility index (Phi) is 6.93. The van der Waals surface area contributed by atoms with E-state index in [4.69, 9.17) is 20.2 Å². The molecule has 0 saturated heterocycles. The Morgan fingerprint density at radius 1 is 1.06 bits per heavy atom. The van der Waals surface area contributed by atoms with Gasteiger partial charge in [0.15, 0.2) is 11.5 Å². The molecule has 0 amide bonds. The molecule has 2 aromatic carbocycles. The SMILES string of the molecule is CCOc1cc2c(cc1OC)-c1cc(=Nc3c(C)cc(C)cc3C)n(CCCN)c(=O)n1CC2. The summed E-state index contributed by atoms with van der Waals surface area (Å²) < 4.78 is 15.0. The molecule has 1 aliphatic heterocycles. The Hall–Kier alpha value is -3.32. The molecule has 0 radical (unpaired) electrons. The second-order valence-electron chi connectivity index (χ2n) is 8.82. The van der Waals surface area contributed by atoms with E-state index in [9.17, 15) is 4.79 Å². The number of rotatable bonds is 7. The van der Waals surface area contributed by atoms with Gasteiger partial charge in [0.05, 0.1) is 25.1 Å². The van der Waals surface area contributed by atoms with Gasteiger partial charge in [0.1, 0.15) is 5.49 Å². The van der Waals surface area contributed by atoms with Gasteiger partial charge in [-0.1, -0.05) is 17.7 Å². The van der Waals surface area contributed by atoms with Crippen molar-refractivity contribution >= 4 is 5.69 Å². The summed E-state index contributed by atoms with van der Waals surface area (Å²) in [6.07, 6.45) is 1.45. The van der Waals surface area contributed by atoms with Crippen molar-refractivity contribution in [2.45, 2.75) is 53.6 Å². The van der Waals surface area contributed by atoms with E-state index in [-0.39, 0.29) is 5.69 Å². The fourth-order valence-electron chi connectivity index (χ4n) is 4.79. The largest absolute Gasteiger partial charge is 0.493 e. The normalized spacial score (nSPS) is 12.9. The molecular formula is C27H34N4O3. The first-order chi connectivity index (χ1) is 16.4. The molecule has 2 N–H and O–H groups in total. The third-order valence-electron chi connectivity index (χ3n) is 6.31. The number of nitrogens with two attached hydrogens (primary N) is 1. The first kappa shape index (κ1) is 23.8. The maximum absolute atomic E-state index is 13.7. The van der Waals surface area contributed by atoms with Crippen LogP contribution in [0.1, 0.15) is 35.6 Å². The van der Waals surface area contributed by atoms with Gasteiger partial charge < -0.3 is 15.2 Å². The van der Waals surface area contributed by atoms with Crippen molar-refractivity contribution in [1.29, 1.82) is 0 Å². The van der Waals surface area contributed by atoms with Gasteiger partial charge in [-0.25, -0.2) is 9.79 Å². The molecule has 0 aliphatic carbocycles. The van der Waals surface area contributed by atoms with Gasteiger partial charge >= 0.3 is 5.69 Å². The highest BCUT2D eigenvalue weighted by atomic mass is 16.5. The van der Waals surface area contributed by atoms with E-state index < -0.39 is 0 Å². The lowest BCUT2D eigenvalue weighted by molar-refractivity contribution is 0.310. The third kappa shape index (κ3) is 4.40. The maximum Gasteiger partial charge on any atom is 0.330 e. The molecule has 0 fully saturated rings. The first-order valence-electron chi connectivity index (χ1n) is 11.9. The number of hydrogen-bond acceptors (Lipinski definition) is 5. The van der Waals surface area contributed by atoms with Crippen LogP contribution in [0, 0.1) is 20.8 Å². The number of benzene rings is 2. The zero-order valence-electron chi connectivity index (χ0n) is 20.8. The lowest BCUT2D eigenvalue weighted by Gasteiger charge is -2.25. The summed E-state index contributed by atoms with van der Waals surface area (Å²) in [5, 5.41) is 0. The molecule has 2 heterocycles. The second kappa shape index (κ2) is 9.89. The quantitative estimate of drug-likeness (QED) is 0.579. The predicted molar refractivity (Wildman–Crippen MR) is 135 cm³/mol. The van der Waals surface area contributed by atoms with Gasteiger partial charge in [-0.05, 0) is 75.9 Å². The summed E-state index contributed by atoms with van der Waals surface area (Å²) in [6, 6.07) is 10.3. The van der Waals surface area contributed by atoms with E-state index in [1.54, 1.807) is 11.7 Å². The summed E-state index contributed by atoms with van der Waals surface area (Å²) in [5.74, 6) is 1.38. The van der Waals surface area contributed by atoms with Crippen LogP contribution in [0.3, 0.4) is 0 Å². The molecule has 180 valence electrons. The minimum absolute atomic E-state index is 0.0642. The third-order valence-corrected chi connectivity index (χ3v) is 6.31. The van der Waals surface area contributed by atoms with Crippen LogP contribution < -0.4 is 26.4 Å². The van der Waals surface area contributed by atoms with E-state index in [1.165, 1.54) is 5.56 Å². The van der Waals surface area contributed by atoms with E-state index in [2.05, 4.69) is 32.9 Å². The molecule has 3 aromatic rings. The van der Waals surface area contributed by atoms with Crippen molar-refractivity contribution in [1.82, 2.24) is 9.13 Å². The van der Waals surface area contributed by atoms with Crippen molar-refractivity contribution in [3.63, 3.8) is 0 Å². The number of nitrogens with zero attached hydrogens (tertiary/aromatic N) is 3. The van der Waals surface area contributed by atoms with Crippen LogP contribution in [-0.4, -0.2) is 29.4 Å². The van der Waals surface area contributed by atoms with Gasteiger partial charge in [0, 0.05) is 24.7 Å². The smallest absolute Gasteiger partial charge is 0.330 e. The summed E-state index contributed by atoms with van der Waals surface area (Å²) in [6.45, 7) is 10.4. The maximum atomic E-state index is 13.7. The number of aryl methyl sites for hydroxylation is 4. The number of methoxy groups -OCH3 is 1. The fourth-order valence-corrected chi connectivity index (χ4v) is 4.79. The Balaban J connectivity index is 1.99.